The first-order chi connectivity index (χ1) is 17.5. The number of unbranched alkanes of at least 4 members (excludes halogenated alkanes) is 1. The Morgan fingerprint density at radius 2 is 1.67 bits per heavy atom. The molecule has 1 amide bonds. The fourth-order valence-electron chi connectivity index (χ4n) is 4.63. The molecule has 6 nitrogen and oxygen atoms in total. The average Bonchev–Trinajstić information content (AvgIpc) is 2.92. The molecule has 0 bridgehead atoms. The molecule has 3 aromatic rings. The van der Waals surface area contributed by atoms with Gasteiger partial charge >= 0.3 is 0 Å². The van der Waals surface area contributed by atoms with E-state index in [0.717, 1.165) is 61.3 Å². The number of carbonyl (C=O) groups is 1. The molecule has 0 radical (unpaired) electrons. The highest BCUT2D eigenvalue weighted by Crippen LogP contribution is 2.40. The van der Waals surface area contributed by atoms with Crippen molar-refractivity contribution in [2.45, 2.75) is 32.7 Å². The molecule has 0 N–H and O–H groups in total. The molecule has 1 aromatic heterocycles. The van der Waals surface area contributed by atoms with E-state index in [1.165, 1.54) is 12.1 Å². The van der Waals surface area contributed by atoms with Crippen LogP contribution in [0.3, 0.4) is 0 Å². The summed E-state index contributed by atoms with van der Waals surface area (Å²) in [5.41, 5.74) is 4.25. The number of aryl methyl sites for hydroxylation is 1. The molecular formula is C29H34FN3O3. The van der Waals surface area contributed by atoms with Gasteiger partial charge in [0.15, 0.2) is 0 Å². The van der Waals surface area contributed by atoms with Gasteiger partial charge in [-0.15, -0.1) is 0 Å². The van der Waals surface area contributed by atoms with E-state index in [9.17, 15) is 9.18 Å². The van der Waals surface area contributed by atoms with Crippen LogP contribution in [-0.4, -0.2) is 61.1 Å². The van der Waals surface area contributed by atoms with Gasteiger partial charge in [-0.05, 0) is 48.7 Å². The van der Waals surface area contributed by atoms with Gasteiger partial charge in [-0.25, -0.2) is 4.39 Å². The number of piperazine rings is 1. The van der Waals surface area contributed by atoms with Gasteiger partial charge in [-0.1, -0.05) is 31.5 Å². The normalized spacial score (nSPS) is 14.1. The van der Waals surface area contributed by atoms with Crippen molar-refractivity contribution < 1.29 is 18.7 Å². The zero-order valence-corrected chi connectivity index (χ0v) is 21.3. The Morgan fingerprint density at radius 3 is 2.28 bits per heavy atom. The lowest BCUT2D eigenvalue weighted by atomic mass is 9.97. The number of aromatic nitrogens is 1. The molecule has 2 heterocycles. The van der Waals surface area contributed by atoms with E-state index in [1.54, 1.807) is 20.4 Å². The average molecular weight is 492 g/mol. The first kappa shape index (κ1) is 25.6. The van der Waals surface area contributed by atoms with Crippen molar-refractivity contribution >= 4 is 5.91 Å². The number of nitrogens with zero attached hydrogens (tertiary/aromatic N) is 3. The topological polar surface area (TPSA) is 54.9 Å². The van der Waals surface area contributed by atoms with E-state index in [4.69, 9.17) is 14.5 Å². The van der Waals surface area contributed by atoms with Crippen LogP contribution in [0.2, 0.25) is 0 Å². The zero-order chi connectivity index (χ0) is 25.5. The molecule has 4 rings (SSSR count). The van der Waals surface area contributed by atoms with Crippen molar-refractivity contribution in [3.63, 3.8) is 0 Å². The molecular weight excluding hydrogens is 457 g/mol. The Hall–Kier alpha value is -3.45. The fourth-order valence-corrected chi connectivity index (χ4v) is 4.63. The van der Waals surface area contributed by atoms with E-state index in [-0.39, 0.29) is 11.7 Å². The fraction of sp³-hybridized carbons (Fsp3) is 0.379. The molecule has 1 saturated heterocycles. The highest BCUT2D eigenvalue weighted by molar-refractivity contribution is 5.96. The lowest BCUT2D eigenvalue weighted by Gasteiger charge is -2.34. The number of benzene rings is 2. The summed E-state index contributed by atoms with van der Waals surface area (Å²) in [4.78, 5) is 22.4. The number of ether oxygens (including phenoxy) is 2. The number of methoxy groups -OCH3 is 2. The van der Waals surface area contributed by atoms with Gasteiger partial charge in [0, 0.05) is 50.2 Å². The molecule has 0 saturated carbocycles. The molecule has 7 heteroatoms. The number of hydrogen-bond donors (Lipinski definition) is 0. The van der Waals surface area contributed by atoms with Gasteiger partial charge in [-0.3, -0.25) is 14.7 Å². The number of carbonyl (C=O) groups excluding carboxylic acids is 1. The Labute approximate surface area is 212 Å². The minimum atomic E-state index is -0.228. The van der Waals surface area contributed by atoms with Gasteiger partial charge in [0.05, 0.1) is 25.3 Å². The molecule has 36 heavy (non-hydrogen) atoms. The van der Waals surface area contributed by atoms with Gasteiger partial charge in [0.1, 0.15) is 17.3 Å². The van der Waals surface area contributed by atoms with Crippen LogP contribution in [-0.2, 0) is 13.0 Å². The third kappa shape index (κ3) is 5.85. The Morgan fingerprint density at radius 1 is 1.00 bits per heavy atom. The smallest absolute Gasteiger partial charge is 0.255 e. The quantitative estimate of drug-likeness (QED) is 0.412. The zero-order valence-electron chi connectivity index (χ0n) is 21.3. The number of hydrogen-bond acceptors (Lipinski definition) is 5. The molecule has 1 aliphatic heterocycles. The summed E-state index contributed by atoms with van der Waals surface area (Å²) in [5, 5.41) is 0. The predicted octanol–water partition coefficient (Wildman–Crippen LogP) is 5.21. The van der Waals surface area contributed by atoms with Crippen molar-refractivity contribution in [2.75, 3.05) is 40.4 Å². The Kier molecular flexibility index (Phi) is 8.54. The van der Waals surface area contributed by atoms with E-state index >= 15 is 0 Å². The highest BCUT2D eigenvalue weighted by Gasteiger charge is 2.25. The first-order valence-corrected chi connectivity index (χ1v) is 12.5. The third-order valence-electron chi connectivity index (χ3n) is 6.66. The largest absolute Gasteiger partial charge is 0.496 e. The van der Waals surface area contributed by atoms with Gasteiger partial charge < -0.3 is 14.4 Å². The predicted molar refractivity (Wildman–Crippen MR) is 139 cm³/mol. The Balaban J connectivity index is 1.55. The molecule has 1 fully saturated rings. The molecule has 190 valence electrons. The van der Waals surface area contributed by atoms with Crippen LogP contribution in [0.1, 0.15) is 41.4 Å². The summed E-state index contributed by atoms with van der Waals surface area (Å²) >= 11 is 0. The summed E-state index contributed by atoms with van der Waals surface area (Å²) < 4.78 is 24.5. The van der Waals surface area contributed by atoms with E-state index in [0.29, 0.717) is 30.2 Å². The lowest BCUT2D eigenvalue weighted by molar-refractivity contribution is 0.0628. The molecule has 2 aromatic carbocycles. The number of amides is 1. The number of rotatable bonds is 9. The molecule has 0 aliphatic carbocycles. The van der Waals surface area contributed by atoms with Crippen LogP contribution < -0.4 is 9.47 Å². The second kappa shape index (κ2) is 12.0. The summed E-state index contributed by atoms with van der Waals surface area (Å²) in [6, 6.07) is 14.2. The van der Waals surface area contributed by atoms with Crippen LogP contribution in [0.5, 0.6) is 11.5 Å². The van der Waals surface area contributed by atoms with Gasteiger partial charge in [0.25, 0.3) is 5.91 Å². The molecule has 0 unspecified atom stereocenters. The SMILES string of the molecule is CCCCc1ncc(C(=O)N2CCN(Cc3ccc(F)cc3)CC2)cc1-c1c(OC)cccc1OC. The Bertz CT molecular complexity index is 1150. The first-order valence-electron chi connectivity index (χ1n) is 12.5. The number of pyridine rings is 1. The standard InChI is InChI=1S/C29H34FN3O3/c1-4-5-7-25-24(28-26(35-2)8-6-9-27(28)36-3)18-22(19-31-25)29(34)33-16-14-32(15-17-33)20-21-10-12-23(30)13-11-21/h6,8-13,18-19H,4-5,7,14-17,20H2,1-3H3. The van der Waals surface area contributed by atoms with Crippen LogP contribution in [0.25, 0.3) is 11.1 Å². The minimum Gasteiger partial charge on any atom is -0.496 e. The van der Waals surface area contributed by atoms with E-state index in [2.05, 4.69) is 11.8 Å². The van der Waals surface area contributed by atoms with Crippen molar-refractivity contribution in [1.29, 1.82) is 0 Å². The van der Waals surface area contributed by atoms with Gasteiger partial charge in [0.2, 0.25) is 0 Å². The molecule has 1 aliphatic rings. The molecule has 0 spiro atoms. The van der Waals surface area contributed by atoms with E-state index < -0.39 is 0 Å². The van der Waals surface area contributed by atoms with Gasteiger partial charge in [-0.2, -0.15) is 0 Å². The monoisotopic (exact) mass is 491 g/mol. The van der Waals surface area contributed by atoms with E-state index in [1.807, 2.05) is 41.3 Å². The van der Waals surface area contributed by atoms with Crippen molar-refractivity contribution in [2.24, 2.45) is 0 Å². The lowest BCUT2D eigenvalue weighted by Crippen LogP contribution is -2.48. The van der Waals surface area contributed by atoms with Crippen LogP contribution in [0.15, 0.2) is 54.7 Å². The van der Waals surface area contributed by atoms with Crippen LogP contribution in [0.4, 0.5) is 4.39 Å². The summed E-state index contributed by atoms with van der Waals surface area (Å²) in [7, 11) is 3.27. The van der Waals surface area contributed by atoms with Crippen molar-refractivity contribution in [3.05, 3.63) is 77.4 Å². The highest BCUT2D eigenvalue weighted by atomic mass is 19.1. The van der Waals surface area contributed by atoms with Crippen molar-refractivity contribution in [3.8, 4) is 22.6 Å². The maximum atomic E-state index is 13.5. The molecule has 0 atom stereocenters. The maximum Gasteiger partial charge on any atom is 0.255 e. The van der Waals surface area contributed by atoms with Crippen LogP contribution >= 0.6 is 0 Å². The minimum absolute atomic E-state index is 0.0268. The van der Waals surface area contributed by atoms with Crippen LogP contribution in [0, 0.1) is 5.82 Å². The second-order valence-corrected chi connectivity index (χ2v) is 9.05. The summed E-state index contributed by atoms with van der Waals surface area (Å²) in [6.45, 7) is 5.68. The summed E-state index contributed by atoms with van der Waals surface area (Å²) in [6.07, 6.45) is 4.56. The van der Waals surface area contributed by atoms with Crippen molar-refractivity contribution in [1.82, 2.24) is 14.8 Å². The third-order valence-corrected chi connectivity index (χ3v) is 6.66. The maximum absolute atomic E-state index is 13.5. The second-order valence-electron chi connectivity index (χ2n) is 9.05. The summed E-state index contributed by atoms with van der Waals surface area (Å²) in [5.74, 6) is 1.12. The number of halogens is 1.